The number of carbonyl (C=O) groups is 1. The molecule has 0 aliphatic carbocycles. The third-order valence-electron chi connectivity index (χ3n) is 3.87. The van der Waals surface area contributed by atoms with Crippen LogP contribution in [0.3, 0.4) is 0 Å². The van der Waals surface area contributed by atoms with E-state index >= 15 is 0 Å². The summed E-state index contributed by atoms with van der Waals surface area (Å²) in [6, 6.07) is 15.1. The second-order valence-corrected chi connectivity index (χ2v) is 6.08. The smallest absolute Gasteiger partial charge is 0.224 e. The summed E-state index contributed by atoms with van der Waals surface area (Å²) in [7, 11) is 0. The highest BCUT2D eigenvalue weighted by Gasteiger charge is 2.08. The molecule has 0 aliphatic rings. The van der Waals surface area contributed by atoms with Crippen LogP contribution in [0.2, 0.25) is 0 Å². The summed E-state index contributed by atoms with van der Waals surface area (Å²) in [6.07, 6.45) is 3.05. The topological polar surface area (TPSA) is 56.8 Å². The van der Waals surface area contributed by atoms with Gasteiger partial charge in [-0.05, 0) is 44.0 Å². The normalized spacial score (nSPS) is 10.3. The van der Waals surface area contributed by atoms with E-state index in [1.807, 2.05) is 55.5 Å². The molecule has 0 atom stereocenters. The quantitative estimate of drug-likeness (QED) is 0.530. The van der Waals surface area contributed by atoms with Crippen LogP contribution in [-0.4, -0.2) is 25.7 Å². The van der Waals surface area contributed by atoms with Crippen molar-refractivity contribution in [3.8, 4) is 17.2 Å². The zero-order valence-electron chi connectivity index (χ0n) is 16.2. The number of unbranched alkanes of at least 4 members (excludes halogenated alkanes) is 1. The van der Waals surface area contributed by atoms with Crippen molar-refractivity contribution in [3.05, 3.63) is 48.5 Å². The number of hydrogen-bond donors (Lipinski definition) is 1. The van der Waals surface area contributed by atoms with Crippen LogP contribution in [0, 0.1) is 0 Å². The van der Waals surface area contributed by atoms with Crippen LogP contribution in [0.5, 0.6) is 17.2 Å². The van der Waals surface area contributed by atoms with Gasteiger partial charge in [-0.2, -0.15) is 0 Å². The molecule has 1 N–H and O–H groups in total. The maximum Gasteiger partial charge on any atom is 0.224 e. The van der Waals surface area contributed by atoms with Gasteiger partial charge in [-0.25, -0.2) is 0 Å². The number of ether oxygens (including phenoxy) is 3. The summed E-state index contributed by atoms with van der Waals surface area (Å²) < 4.78 is 17.0. The van der Waals surface area contributed by atoms with Crippen LogP contribution in [-0.2, 0) is 4.79 Å². The fraction of sp³-hybridized carbons (Fsp3) is 0.409. The maximum absolute atomic E-state index is 12.2. The molecule has 0 heterocycles. The van der Waals surface area contributed by atoms with Gasteiger partial charge in [0.1, 0.15) is 5.75 Å². The Bertz CT molecular complexity index is 702. The van der Waals surface area contributed by atoms with Crippen molar-refractivity contribution in [2.45, 2.75) is 39.5 Å². The molecule has 0 aromatic heterocycles. The van der Waals surface area contributed by atoms with Gasteiger partial charge in [-0.15, -0.1) is 0 Å². The minimum atomic E-state index is -0.0526. The number of para-hydroxylation sites is 4. The Kier molecular flexibility index (Phi) is 9.04. The van der Waals surface area contributed by atoms with E-state index in [0.717, 1.165) is 18.6 Å². The molecule has 0 fully saturated rings. The summed E-state index contributed by atoms with van der Waals surface area (Å²) >= 11 is 0. The van der Waals surface area contributed by atoms with Crippen molar-refractivity contribution in [1.82, 2.24) is 0 Å². The van der Waals surface area contributed by atoms with Crippen LogP contribution in [0.25, 0.3) is 0 Å². The summed E-state index contributed by atoms with van der Waals surface area (Å²) in [5.74, 6) is 2.08. The number of nitrogens with one attached hydrogen (secondary N) is 1. The molecule has 1 amide bonds. The van der Waals surface area contributed by atoms with Crippen molar-refractivity contribution in [3.63, 3.8) is 0 Å². The third-order valence-corrected chi connectivity index (χ3v) is 3.87. The van der Waals surface area contributed by atoms with Crippen LogP contribution in [0.15, 0.2) is 48.5 Å². The SMILES string of the molecule is CCCCOc1ccccc1NC(=O)CCCOc1ccccc1OCC. The number of amides is 1. The number of anilines is 1. The molecule has 5 heteroatoms. The van der Waals surface area contributed by atoms with E-state index in [1.54, 1.807) is 0 Å². The van der Waals surface area contributed by atoms with Crippen LogP contribution in [0.4, 0.5) is 5.69 Å². The largest absolute Gasteiger partial charge is 0.491 e. The van der Waals surface area contributed by atoms with Gasteiger partial charge < -0.3 is 19.5 Å². The summed E-state index contributed by atoms with van der Waals surface area (Å²) in [4.78, 5) is 12.2. The first-order chi connectivity index (χ1) is 13.2. The highest BCUT2D eigenvalue weighted by Crippen LogP contribution is 2.27. The van der Waals surface area contributed by atoms with Crippen molar-refractivity contribution in [2.24, 2.45) is 0 Å². The summed E-state index contributed by atoms with van der Waals surface area (Å²) in [6.45, 7) is 5.74. The predicted octanol–water partition coefficient (Wildman–Crippen LogP) is 5.06. The van der Waals surface area contributed by atoms with E-state index in [9.17, 15) is 4.79 Å². The van der Waals surface area contributed by atoms with E-state index in [1.165, 1.54) is 0 Å². The molecular formula is C22H29NO4. The van der Waals surface area contributed by atoms with Gasteiger partial charge in [-0.1, -0.05) is 37.6 Å². The van der Waals surface area contributed by atoms with E-state index in [4.69, 9.17) is 14.2 Å². The Morgan fingerprint density at radius 3 is 2.11 bits per heavy atom. The molecular weight excluding hydrogens is 342 g/mol. The zero-order chi connectivity index (χ0) is 19.3. The lowest BCUT2D eigenvalue weighted by Gasteiger charge is -2.13. The molecule has 146 valence electrons. The summed E-state index contributed by atoms with van der Waals surface area (Å²) in [5.41, 5.74) is 0.709. The number of rotatable bonds is 12. The Hall–Kier alpha value is -2.69. The number of carbonyl (C=O) groups excluding carboxylic acids is 1. The molecule has 0 spiro atoms. The second-order valence-electron chi connectivity index (χ2n) is 6.08. The van der Waals surface area contributed by atoms with Gasteiger partial charge in [0.05, 0.1) is 25.5 Å². The molecule has 0 saturated carbocycles. The molecule has 2 aromatic carbocycles. The van der Waals surface area contributed by atoms with E-state index in [2.05, 4.69) is 12.2 Å². The standard InChI is InChI=1S/C22H29NO4/c1-3-5-16-26-19-12-7-6-11-18(19)23-22(24)15-10-17-27-21-14-9-8-13-20(21)25-4-2/h6-9,11-14H,3-5,10,15-17H2,1-2H3,(H,23,24). The van der Waals surface area contributed by atoms with E-state index < -0.39 is 0 Å². The lowest BCUT2D eigenvalue weighted by Crippen LogP contribution is -2.14. The molecule has 0 aliphatic heterocycles. The lowest BCUT2D eigenvalue weighted by molar-refractivity contribution is -0.116. The maximum atomic E-state index is 12.2. The molecule has 0 radical (unpaired) electrons. The first kappa shape index (κ1) is 20.6. The lowest BCUT2D eigenvalue weighted by atomic mass is 10.2. The van der Waals surface area contributed by atoms with Gasteiger partial charge >= 0.3 is 0 Å². The van der Waals surface area contributed by atoms with Crippen molar-refractivity contribution < 1.29 is 19.0 Å². The molecule has 0 bridgehead atoms. The van der Waals surface area contributed by atoms with Crippen LogP contribution < -0.4 is 19.5 Å². The average molecular weight is 371 g/mol. The Morgan fingerprint density at radius 1 is 0.815 bits per heavy atom. The van der Waals surface area contributed by atoms with Crippen molar-refractivity contribution >= 4 is 11.6 Å². The van der Waals surface area contributed by atoms with Crippen molar-refractivity contribution in [2.75, 3.05) is 25.1 Å². The number of hydrogen-bond acceptors (Lipinski definition) is 4. The first-order valence-electron chi connectivity index (χ1n) is 9.60. The minimum Gasteiger partial charge on any atom is -0.491 e. The minimum absolute atomic E-state index is 0.0526. The van der Waals surface area contributed by atoms with Gasteiger partial charge in [0.2, 0.25) is 5.91 Å². The average Bonchev–Trinajstić information content (AvgIpc) is 2.68. The number of benzene rings is 2. The highest BCUT2D eigenvalue weighted by atomic mass is 16.5. The Morgan fingerprint density at radius 2 is 1.41 bits per heavy atom. The van der Waals surface area contributed by atoms with Gasteiger partial charge in [0, 0.05) is 6.42 Å². The fourth-order valence-corrected chi connectivity index (χ4v) is 2.49. The van der Waals surface area contributed by atoms with Crippen LogP contribution in [0.1, 0.15) is 39.5 Å². The molecule has 5 nitrogen and oxygen atoms in total. The fourth-order valence-electron chi connectivity index (χ4n) is 2.49. The molecule has 2 aromatic rings. The van der Waals surface area contributed by atoms with Gasteiger partial charge in [0.15, 0.2) is 11.5 Å². The van der Waals surface area contributed by atoms with E-state index in [-0.39, 0.29) is 5.91 Å². The van der Waals surface area contributed by atoms with Crippen LogP contribution >= 0.6 is 0 Å². The first-order valence-corrected chi connectivity index (χ1v) is 9.60. The van der Waals surface area contributed by atoms with Gasteiger partial charge in [-0.3, -0.25) is 4.79 Å². The Balaban J connectivity index is 1.77. The third kappa shape index (κ3) is 7.21. The Labute approximate surface area is 161 Å². The second kappa shape index (κ2) is 11.8. The van der Waals surface area contributed by atoms with E-state index in [0.29, 0.717) is 49.8 Å². The predicted molar refractivity (Wildman–Crippen MR) is 108 cm³/mol. The van der Waals surface area contributed by atoms with Gasteiger partial charge in [0.25, 0.3) is 0 Å². The molecule has 2 rings (SSSR count). The molecule has 27 heavy (non-hydrogen) atoms. The van der Waals surface area contributed by atoms with Crippen molar-refractivity contribution in [1.29, 1.82) is 0 Å². The monoisotopic (exact) mass is 371 g/mol. The molecule has 0 unspecified atom stereocenters. The zero-order valence-corrected chi connectivity index (χ0v) is 16.2. The highest BCUT2D eigenvalue weighted by molar-refractivity contribution is 5.92. The summed E-state index contributed by atoms with van der Waals surface area (Å²) in [5, 5.41) is 2.92. The molecule has 0 saturated heterocycles.